The van der Waals surface area contributed by atoms with E-state index in [9.17, 15) is 4.79 Å². The summed E-state index contributed by atoms with van der Waals surface area (Å²) in [5.41, 5.74) is 6.64. The molecular formula is C16H27N3O2. The number of amides is 1. The maximum atomic E-state index is 12.0. The summed E-state index contributed by atoms with van der Waals surface area (Å²) in [6.45, 7) is 3.39. The Labute approximate surface area is 127 Å². The molecule has 0 heterocycles. The Morgan fingerprint density at radius 1 is 1.19 bits per heavy atom. The molecule has 0 atom stereocenters. The van der Waals surface area contributed by atoms with Gasteiger partial charge in [-0.15, -0.1) is 0 Å². The van der Waals surface area contributed by atoms with Crippen molar-refractivity contribution in [2.45, 2.75) is 19.4 Å². The van der Waals surface area contributed by atoms with Crippen molar-refractivity contribution in [1.29, 1.82) is 0 Å². The SMILES string of the molecule is CN(CCCN)C(=O)CCN(CCO)Cc1ccccc1. The molecule has 0 saturated carbocycles. The lowest BCUT2D eigenvalue weighted by molar-refractivity contribution is -0.130. The van der Waals surface area contributed by atoms with Gasteiger partial charge in [0.25, 0.3) is 0 Å². The van der Waals surface area contributed by atoms with Crippen LogP contribution in [0.25, 0.3) is 0 Å². The van der Waals surface area contributed by atoms with Crippen molar-refractivity contribution in [2.24, 2.45) is 5.73 Å². The molecule has 0 aliphatic carbocycles. The van der Waals surface area contributed by atoms with Crippen LogP contribution in [0.3, 0.4) is 0 Å². The van der Waals surface area contributed by atoms with Crippen LogP contribution in [0.15, 0.2) is 30.3 Å². The van der Waals surface area contributed by atoms with Crippen LogP contribution in [-0.2, 0) is 11.3 Å². The maximum Gasteiger partial charge on any atom is 0.223 e. The molecule has 0 aliphatic rings. The van der Waals surface area contributed by atoms with Crippen molar-refractivity contribution in [3.05, 3.63) is 35.9 Å². The van der Waals surface area contributed by atoms with Crippen molar-refractivity contribution in [2.75, 3.05) is 39.8 Å². The van der Waals surface area contributed by atoms with Gasteiger partial charge in [0.2, 0.25) is 5.91 Å². The largest absolute Gasteiger partial charge is 0.395 e. The Balaban J connectivity index is 2.42. The van der Waals surface area contributed by atoms with E-state index in [1.165, 1.54) is 5.56 Å². The molecular weight excluding hydrogens is 266 g/mol. The van der Waals surface area contributed by atoms with Crippen LogP contribution in [0.4, 0.5) is 0 Å². The number of carbonyl (C=O) groups is 1. The average Bonchev–Trinajstić information content (AvgIpc) is 2.51. The number of benzene rings is 1. The van der Waals surface area contributed by atoms with E-state index in [4.69, 9.17) is 10.8 Å². The van der Waals surface area contributed by atoms with Crippen molar-refractivity contribution < 1.29 is 9.90 Å². The van der Waals surface area contributed by atoms with Gasteiger partial charge in [-0.05, 0) is 18.5 Å². The second-order valence-electron chi connectivity index (χ2n) is 5.19. The molecule has 0 aliphatic heterocycles. The van der Waals surface area contributed by atoms with E-state index in [0.29, 0.717) is 32.6 Å². The third-order valence-corrected chi connectivity index (χ3v) is 3.43. The number of hydrogen-bond acceptors (Lipinski definition) is 4. The minimum Gasteiger partial charge on any atom is -0.395 e. The third kappa shape index (κ3) is 7.22. The quantitative estimate of drug-likeness (QED) is 0.665. The Bertz CT molecular complexity index is 398. The maximum absolute atomic E-state index is 12.0. The lowest BCUT2D eigenvalue weighted by Gasteiger charge is -2.23. The molecule has 21 heavy (non-hydrogen) atoms. The summed E-state index contributed by atoms with van der Waals surface area (Å²) in [6.07, 6.45) is 1.29. The minimum absolute atomic E-state index is 0.101. The lowest BCUT2D eigenvalue weighted by Crippen LogP contribution is -2.34. The molecule has 1 aromatic rings. The Hall–Kier alpha value is -1.43. The fourth-order valence-corrected chi connectivity index (χ4v) is 2.15. The van der Waals surface area contributed by atoms with Crippen LogP contribution in [0, 0.1) is 0 Å². The molecule has 0 saturated heterocycles. The highest BCUT2D eigenvalue weighted by atomic mass is 16.3. The van der Waals surface area contributed by atoms with Gasteiger partial charge in [-0.1, -0.05) is 30.3 Å². The molecule has 0 radical (unpaired) electrons. The third-order valence-electron chi connectivity index (χ3n) is 3.43. The topological polar surface area (TPSA) is 69.8 Å². The summed E-state index contributed by atoms with van der Waals surface area (Å²) in [5.74, 6) is 0.124. The molecule has 118 valence electrons. The molecule has 5 nitrogen and oxygen atoms in total. The number of nitrogens with two attached hydrogens (primary N) is 1. The highest BCUT2D eigenvalue weighted by molar-refractivity contribution is 5.76. The van der Waals surface area contributed by atoms with E-state index in [1.807, 2.05) is 25.2 Å². The first kappa shape index (κ1) is 17.6. The van der Waals surface area contributed by atoms with Gasteiger partial charge >= 0.3 is 0 Å². The van der Waals surface area contributed by atoms with Crippen LogP contribution in [0.5, 0.6) is 0 Å². The molecule has 1 rings (SSSR count). The summed E-state index contributed by atoms with van der Waals surface area (Å²) >= 11 is 0. The van der Waals surface area contributed by atoms with Crippen molar-refractivity contribution in [3.8, 4) is 0 Å². The molecule has 0 unspecified atom stereocenters. The second-order valence-corrected chi connectivity index (χ2v) is 5.19. The van der Waals surface area contributed by atoms with E-state index >= 15 is 0 Å². The van der Waals surface area contributed by atoms with Crippen LogP contribution in [-0.4, -0.2) is 60.6 Å². The van der Waals surface area contributed by atoms with E-state index in [2.05, 4.69) is 17.0 Å². The van der Waals surface area contributed by atoms with Crippen LogP contribution in [0.2, 0.25) is 0 Å². The number of aliphatic hydroxyl groups excluding tert-OH is 1. The summed E-state index contributed by atoms with van der Waals surface area (Å²) < 4.78 is 0. The van der Waals surface area contributed by atoms with E-state index in [0.717, 1.165) is 13.0 Å². The van der Waals surface area contributed by atoms with Crippen LogP contribution >= 0.6 is 0 Å². The summed E-state index contributed by atoms with van der Waals surface area (Å²) in [4.78, 5) is 15.8. The number of aliphatic hydroxyl groups is 1. The van der Waals surface area contributed by atoms with Gasteiger partial charge in [0.05, 0.1) is 6.61 Å². The molecule has 1 amide bonds. The zero-order valence-electron chi connectivity index (χ0n) is 12.9. The highest BCUT2D eigenvalue weighted by Gasteiger charge is 2.11. The van der Waals surface area contributed by atoms with Crippen molar-refractivity contribution >= 4 is 5.91 Å². The van der Waals surface area contributed by atoms with Gasteiger partial charge < -0.3 is 15.7 Å². The Kier molecular flexibility index (Phi) is 8.66. The standard InChI is InChI=1S/C16H27N3O2/c1-18(10-5-9-17)16(21)8-11-19(12-13-20)14-15-6-3-2-4-7-15/h2-4,6-7,20H,5,8-14,17H2,1H3. The summed E-state index contributed by atoms with van der Waals surface area (Å²) in [7, 11) is 1.81. The predicted molar refractivity (Wildman–Crippen MR) is 84.7 cm³/mol. The number of rotatable bonds is 10. The first-order valence-electron chi connectivity index (χ1n) is 7.48. The normalized spacial score (nSPS) is 10.9. The van der Waals surface area contributed by atoms with E-state index in [-0.39, 0.29) is 12.5 Å². The van der Waals surface area contributed by atoms with Crippen LogP contribution in [0.1, 0.15) is 18.4 Å². The Morgan fingerprint density at radius 2 is 1.90 bits per heavy atom. The van der Waals surface area contributed by atoms with E-state index in [1.54, 1.807) is 4.90 Å². The molecule has 3 N–H and O–H groups in total. The fourth-order valence-electron chi connectivity index (χ4n) is 2.15. The number of carbonyl (C=O) groups excluding carboxylic acids is 1. The first-order valence-corrected chi connectivity index (χ1v) is 7.48. The summed E-state index contributed by atoms with van der Waals surface area (Å²) in [5, 5.41) is 9.15. The van der Waals surface area contributed by atoms with E-state index < -0.39 is 0 Å². The highest BCUT2D eigenvalue weighted by Crippen LogP contribution is 2.05. The Morgan fingerprint density at radius 3 is 2.52 bits per heavy atom. The number of hydrogen-bond donors (Lipinski definition) is 2. The van der Waals surface area contributed by atoms with Gasteiger partial charge in [-0.3, -0.25) is 9.69 Å². The van der Waals surface area contributed by atoms with Crippen LogP contribution < -0.4 is 5.73 Å². The monoisotopic (exact) mass is 293 g/mol. The van der Waals surface area contributed by atoms with Gasteiger partial charge in [0, 0.05) is 39.6 Å². The minimum atomic E-state index is 0.101. The molecule has 0 bridgehead atoms. The molecule has 1 aromatic carbocycles. The number of nitrogens with zero attached hydrogens (tertiary/aromatic N) is 2. The average molecular weight is 293 g/mol. The smallest absolute Gasteiger partial charge is 0.223 e. The summed E-state index contributed by atoms with van der Waals surface area (Å²) in [6, 6.07) is 10.1. The van der Waals surface area contributed by atoms with Crippen molar-refractivity contribution in [3.63, 3.8) is 0 Å². The van der Waals surface area contributed by atoms with Gasteiger partial charge in [-0.25, -0.2) is 0 Å². The van der Waals surface area contributed by atoms with Gasteiger partial charge in [0.1, 0.15) is 0 Å². The fraction of sp³-hybridized carbons (Fsp3) is 0.562. The zero-order valence-corrected chi connectivity index (χ0v) is 12.9. The predicted octanol–water partition coefficient (Wildman–Crippen LogP) is 0.678. The molecule has 0 spiro atoms. The first-order chi connectivity index (χ1) is 10.2. The van der Waals surface area contributed by atoms with Crippen molar-refractivity contribution in [1.82, 2.24) is 9.80 Å². The zero-order chi connectivity index (χ0) is 15.5. The second kappa shape index (κ2) is 10.3. The molecule has 5 heteroatoms. The molecule has 0 fully saturated rings. The lowest BCUT2D eigenvalue weighted by atomic mass is 10.2. The molecule has 0 aromatic heterocycles. The van der Waals surface area contributed by atoms with Gasteiger partial charge in [-0.2, -0.15) is 0 Å². The van der Waals surface area contributed by atoms with Gasteiger partial charge in [0.15, 0.2) is 0 Å².